The molecule has 0 unspecified atom stereocenters. The van der Waals surface area contributed by atoms with E-state index in [-0.39, 0.29) is 17.7 Å². The van der Waals surface area contributed by atoms with E-state index in [0.29, 0.717) is 19.5 Å². The number of hydrogen-bond acceptors (Lipinski definition) is 5. The van der Waals surface area contributed by atoms with E-state index in [2.05, 4.69) is 4.98 Å². The summed E-state index contributed by atoms with van der Waals surface area (Å²) in [5.74, 6) is 1.76. The number of para-hydroxylation sites is 1. The number of fused-ring (bicyclic) bond motifs is 1. The predicted octanol–water partition coefficient (Wildman–Crippen LogP) is 2.95. The highest BCUT2D eigenvalue weighted by Gasteiger charge is 2.28. The van der Waals surface area contributed by atoms with Crippen LogP contribution in [0.5, 0.6) is 0 Å². The van der Waals surface area contributed by atoms with Gasteiger partial charge in [-0.25, -0.2) is 9.97 Å². The molecule has 4 rings (SSSR count). The van der Waals surface area contributed by atoms with Gasteiger partial charge in [-0.15, -0.1) is 0 Å². The third kappa shape index (κ3) is 5.16. The van der Waals surface area contributed by atoms with Crippen molar-refractivity contribution in [1.29, 1.82) is 0 Å². The highest BCUT2D eigenvalue weighted by atomic mass is 16.2. The fraction of sp³-hybridized carbons (Fsp3) is 0.440. The van der Waals surface area contributed by atoms with Gasteiger partial charge in [-0.05, 0) is 24.5 Å². The number of amides is 2. The molecule has 3 aromatic rings. The lowest BCUT2D eigenvalue weighted by molar-refractivity contribution is -0.131. The molecule has 1 atom stereocenters. The summed E-state index contributed by atoms with van der Waals surface area (Å²) in [5.41, 5.74) is 2.88. The summed E-state index contributed by atoms with van der Waals surface area (Å²) in [6, 6.07) is 9.98. The zero-order chi connectivity index (χ0) is 23.5. The molecule has 8 heteroatoms. The molecule has 1 saturated heterocycles. The maximum Gasteiger partial charge on any atom is 0.227 e. The molecule has 3 heterocycles. The van der Waals surface area contributed by atoms with Gasteiger partial charge in [0.25, 0.3) is 0 Å². The molecule has 1 aliphatic rings. The lowest BCUT2D eigenvalue weighted by atomic mass is 9.96. The maximum atomic E-state index is 13.2. The summed E-state index contributed by atoms with van der Waals surface area (Å²) in [6.45, 7) is 3.35. The number of carbonyl (C=O) groups excluding carboxylic acids is 2. The molecule has 2 aromatic heterocycles. The maximum absolute atomic E-state index is 13.2. The number of carbonyl (C=O) groups is 2. The van der Waals surface area contributed by atoms with Crippen LogP contribution in [-0.2, 0) is 22.6 Å². The van der Waals surface area contributed by atoms with E-state index >= 15 is 0 Å². The normalized spacial score (nSPS) is 16.1. The topological polar surface area (TPSA) is 85.4 Å². The Hall–Kier alpha value is -3.42. The van der Waals surface area contributed by atoms with Crippen molar-refractivity contribution in [1.82, 2.24) is 24.8 Å². The fourth-order valence-corrected chi connectivity index (χ4v) is 4.32. The van der Waals surface area contributed by atoms with Crippen molar-refractivity contribution in [3.63, 3.8) is 0 Å². The molecular formula is C25H32N6O2. The van der Waals surface area contributed by atoms with Gasteiger partial charge >= 0.3 is 0 Å². The highest BCUT2D eigenvalue weighted by Crippen LogP contribution is 2.27. The summed E-state index contributed by atoms with van der Waals surface area (Å²) in [6.07, 6.45) is 4.17. The number of nitrogens with one attached hydrogen (secondary N) is 1. The van der Waals surface area contributed by atoms with Gasteiger partial charge in [-0.2, -0.15) is 0 Å². The van der Waals surface area contributed by atoms with Gasteiger partial charge in [0.05, 0.1) is 18.7 Å². The number of aromatic amines is 1. The first-order valence-corrected chi connectivity index (χ1v) is 11.4. The van der Waals surface area contributed by atoms with E-state index < -0.39 is 0 Å². The van der Waals surface area contributed by atoms with Crippen molar-refractivity contribution in [2.45, 2.75) is 38.6 Å². The summed E-state index contributed by atoms with van der Waals surface area (Å²) >= 11 is 0. The lowest BCUT2D eigenvalue weighted by Crippen LogP contribution is -2.40. The van der Waals surface area contributed by atoms with Crippen LogP contribution in [0.3, 0.4) is 0 Å². The van der Waals surface area contributed by atoms with Gasteiger partial charge in [0.2, 0.25) is 11.8 Å². The van der Waals surface area contributed by atoms with Gasteiger partial charge in [0.15, 0.2) is 0 Å². The highest BCUT2D eigenvalue weighted by molar-refractivity contribution is 5.89. The van der Waals surface area contributed by atoms with E-state index in [1.807, 2.05) is 60.4 Å². The number of rotatable bonds is 6. The molecule has 1 aromatic carbocycles. The molecule has 0 spiro atoms. The quantitative estimate of drug-likeness (QED) is 0.627. The lowest BCUT2D eigenvalue weighted by Gasteiger charge is -2.32. The molecule has 1 aliphatic heterocycles. The first kappa shape index (κ1) is 22.8. The molecule has 0 bridgehead atoms. The van der Waals surface area contributed by atoms with Crippen molar-refractivity contribution in [3.8, 4) is 0 Å². The number of piperidine rings is 1. The smallest absolute Gasteiger partial charge is 0.227 e. The Balaban J connectivity index is 1.52. The predicted molar refractivity (Wildman–Crippen MR) is 129 cm³/mol. The summed E-state index contributed by atoms with van der Waals surface area (Å²) in [4.78, 5) is 43.3. The second-order valence-corrected chi connectivity index (χ2v) is 9.06. The number of aromatic nitrogens is 3. The number of hydrogen-bond donors (Lipinski definition) is 1. The molecule has 0 saturated carbocycles. The molecule has 174 valence electrons. The zero-order valence-electron chi connectivity index (χ0n) is 19.8. The van der Waals surface area contributed by atoms with Crippen LogP contribution < -0.4 is 4.90 Å². The average Bonchev–Trinajstić information content (AvgIpc) is 3.21. The molecule has 2 amide bonds. The Kier molecular flexibility index (Phi) is 6.62. The summed E-state index contributed by atoms with van der Waals surface area (Å²) < 4.78 is 0. The minimum absolute atomic E-state index is 0.00622. The molecule has 1 fully saturated rings. The van der Waals surface area contributed by atoms with Gasteiger partial charge in [-0.1, -0.05) is 18.2 Å². The summed E-state index contributed by atoms with van der Waals surface area (Å²) in [7, 11) is 5.66. The Morgan fingerprint density at radius 2 is 1.97 bits per heavy atom. The average molecular weight is 449 g/mol. The zero-order valence-corrected chi connectivity index (χ0v) is 19.8. The van der Waals surface area contributed by atoms with Crippen LogP contribution in [0, 0.1) is 0 Å². The van der Waals surface area contributed by atoms with Gasteiger partial charge in [0.1, 0.15) is 11.6 Å². The van der Waals surface area contributed by atoms with Crippen LogP contribution in [0.25, 0.3) is 10.9 Å². The van der Waals surface area contributed by atoms with Crippen molar-refractivity contribution >= 4 is 28.5 Å². The van der Waals surface area contributed by atoms with E-state index in [1.165, 1.54) is 0 Å². The van der Waals surface area contributed by atoms with Crippen molar-refractivity contribution < 1.29 is 9.59 Å². The van der Waals surface area contributed by atoms with E-state index in [9.17, 15) is 9.59 Å². The van der Waals surface area contributed by atoms with Crippen LogP contribution in [0.1, 0.15) is 42.8 Å². The van der Waals surface area contributed by atoms with Gasteiger partial charge < -0.3 is 19.7 Å². The Morgan fingerprint density at radius 1 is 1.18 bits per heavy atom. The molecule has 0 radical (unpaired) electrons. The SMILES string of the molecule is CC(=O)N(C)Cc1cc(N(C)C)nc([C@@H]2CCCN(C(=O)Cc3c[nH]c4ccccc34)C2)n1. The third-order valence-corrected chi connectivity index (χ3v) is 6.33. The Labute approximate surface area is 194 Å². The van der Waals surface area contributed by atoms with Gasteiger partial charge in [-0.3, -0.25) is 9.59 Å². The Bertz CT molecular complexity index is 1150. The minimum atomic E-state index is -0.00622. The van der Waals surface area contributed by atoms with Crippen LogP contribution in [0.2, 0.25) is 0 Å². The first-order valence-electron chi connectivity index (χ1n) is 11.4. The molecule has 8 nitrogen and oxygen atoms in total. The van der Waals surface area contributed by atoms with Crippen molar-refractivity contribution in [3.05, 3.63) is 53.6 Å². The largest absolute Gasteiger partial charge is 0.363 e. The first-order chi connectivity index (χ1) is 15.8. The van der Waals surface area contributed by atoms with E-state index in [1.54, 1.807) is 18.9 Å². The fourth-order valence-electron chi connectivity index (χ4n) is 4.32. The van der Waals surface area contributed by atoms with Crippen LogP contribution in [0.15, 0.2) is 36.5 Å². The molecule has 1 N–H and O–H groups in total. The van der Waals surface area contributed by atoms with Crippen LogP contribution >= 0.6 is 0 Å². The number of H-pyrrole nitrogens is 1. The van der Waals surface area contributed by atoms with Crippen LogP contribution in [-0.4, -0.2) is 70.8 Å². The van der Waals surface area contributed by atoms with Crippen LogP contribution in [0.4, 0.5) is 5.82 Å². The molecular weight excluding hydrogens is 416 g/mol. The van der Waals surface area contributed by atoms with E-state index in [4.69, 9.17) is 9.97 Å². The third-order valence-electron chi connectivity index (χ3n) is 6.33. The number of benzene rings is 1. The monoisotopic (exact) mass is 448 g/mol. The molecule has 33 heavy (non-hydrogen) atoms. The van der Waals surface area contributed by atoms with Gasteiger partial charge in [0, 0.05) is 70.2 Å². The van der Waals surface area contributed by atoms with E-state index in [0.717, 1.165) is 53.2 Å². The molecule has 0 aliphatic carbocycles. The second kappa shape index (κ2) is 9.60. The Morgan fingerprint density at radius 3 is 2.73 bits per heavy atom. The number of nitrogens with zero attached hydrogens (tertiary/aromatic N) is 5. The number of anilines is 1. The van der Waals surface area contributed by atoms with Crippen molar-refractivity contribution in [2.24, 2.45) is 0 Å². The minimum Gasteiger partial charge on any atom is -0.363 e. The number of likely N-dealkylation sites (tertiary alicyclic amines) is 1. The standard InChI is InChI=1S/C25H32N6O2/c1-17(32)30(4)16-20-13-23(29(2)3)28-25(27-20)18-8-7-11-31(15-18)24(33)12-19-14-26-22-10-6-5-9-21(19)22/h5-6,9-10,13-14,18,26H,7-8,11-12,15-16H2,1-4H3/t18-/m1/s1. The second-order valence-electron chi connectivity index (χ2n) is 9.06. The summed E-state index contributed by atoms with van der Waals surface area (Å²) in [5, 5.41) is 1.10. The van der Waals surface area contributed by atoms with Crippen molar-refractivity contribution in [2.75, 3.05) is 39.1 Å².